The number of hydrogen-bond acceptors (Lipinski definition) is 7. The Balaban J connectivity index is 1.23. The van der Waals surface area contributed by atoms with Gasteiger partial charge < -0.3 is 15.0 Å². The van der Waals surface area contributed by atoms with E-state index in [1.807, 2.05) is 43.3 Å². The van der Waals surface area contributed by atoms with Crippen molar-refractivity contribution < 1.29 is 9.53 Å². The molecule has 1 amide bonds. The number of ether oxygens (including phenoxy) is 1. The smallest absolute Gasteiger partial charge is 0.232 e. The van der Waals surface area contributed by atoms with E-state index in [4.69, 9.17) is 4.74 Å². The number of hydrogen-bond donors (Lipinski definition) is 1. The number of carbonyl (C=O) groups excluding carboxylic acids is 1. The van der Waals surface area contributed by atoms with Crippen molar-refractivity contribution in [1.29, 1.82) is 0 Å². The fraction of sp³-hybridized carbons (Fsp3) is 0.250. The average molecular weight is 411 g/mol. The minimum absolute atomic E-state index is 0.0152. The normalized spacial score (nSPS) is 14.4. The van der Waals surface area contributed by atoms with E-state index in [9.17, 15) is 4.79 Å². The van der Waals surface area contributed by atoms with Crippen LogP contribution in [-0.2, 0) is 4.79 Å². The summed E-state index contributed by atoms with van der Waals surface area (Å²) in [5.74, 6) is 0.793. The molecule has 0 radical (unpaired) electrons. The molecule has 1 aliphatic heterocycles. The van der Waals surface area contributed by atoms with Gasteiger partial charge in [0.15, 0.2) is 10.3 Å². The summed E-state index contributed by atoms with van der Waals surface area (Å²) in [6.07, 6.45) is 0. The molecule has 0 atom stereocenters. The van der Waals surface area contributed by atoms with Gasteiger partial charge in [-0.2, -0.15) is 0 Å². The van der Waals surface area contributed by atoms with Crippen molar-refractivity contribution in [3.05, 3.63) is 42.5 Å². The molecule has 3 heterocycles. The van der Waals surface area contributed by atoms with Crippen LogP contribution in [0.15, 0.2) is 42.5 Å². The Morgan fingerprint density at radius 1 is 1.14 bits per heavy atom. The van der Waals surface area contributed by atoms with Crippen molar-refractivity contribution in [3.63, 3.8) is 0 Å². The van der Waals surface area contributed by atoms with E-state index in [1.54, 1.807) is 11.3 Å². The van der Waals surface area contributed by atoms with Crippen molar-refractivity contribution in [2.24, 2.45) is 5.92 Å². The van der Waals surface area contributed by atoms with E-state index in [0.717, 1.165) is 26.6 Å². The molecule has 2 aromatic heterocycles. The molecule has 4 aromatic rings. The summed E-state index contributed by atoms with van der Waals surface area (Å²) in [6.45, 7) is 3.95. The molecule has 142 valence electrons. The second kappa shape index (κ2) is 7.03. The van der Waals surface area contributed by atoms with E-state index in [-0.39, 0.29) is 11.8 Å². The molecular formula is C20H18N4O2S2. The minimum Gasteiger partial charge on any atom is -0.494 e. The number of benzene rings is 2. The molecule has 1 N–H and O–H groups in total. The summed E-state index contributed by atoms with van der Waals surface area (Å²) in [4.78, 5) is 23.9. The Labute approximate surface area is 169 Å². The Kier molecular flexibility index (Phi) is 4.37. The zero-order valence-corrected chi connectivity index (χ0v) is 16.8. The van der Waals surface area contributed by atoms with Gasteiger partial charge in [0.1, 0.15) is 5.75 Å². The van der Waals surface area contributed by atoms with Crippen molar-refractivity contribution in [2.75, 3.05) is 29.9 Å². The number of fused-ring (bicyclic) bond motifs is 2. The lowest BCUT2D eigenvalue weighted by molar-refractivity contribution is -0.120. The fourth-order valence-corrected chi connectivity index (χ4v) is 5.10. The molecular weight excluding hydrogens is 392 g/mol. The van der Waals surface area contributed by atoms with Crippen LogP contribution >= 0.6 is 22.7 Å². The molecule has 1 saturated heterocycles. The maximum Gasteiger partial charge on any atom is 0.232 e. The number of nitrogens with zero attached hydrogens (tertiary/aromatic N) is 3. The highest BCUT2D eigenvalue weighted by Crippen LogP contribution is 2.34. The lowest BCUT2D eigenvalue weighted by Gasteiger charge is -2.37. The van der Waals surface area contributed by atoms with Crippen LogP contribution in [0.1, 0.15) is 6.92 Å². The Bertz CT molecular complexity index is 1130. The van der Waals surface area contributed by atoms with Gasteiger partial charge in [-0.3, -0.25) is 4.79 Å². The Hall–Kier alpha value is -2.71. The molecule has 2 aromatic carbocycles. The zero-order valence-electron chi connectivity index (χ0n) is 15.2. The number of rotatable bonds is 5. The quantitative estimate of drug-likeness (QED) is 0.529. The molecule has 1 aliphatic rings. The number of nitrogens with one attached hydrogen (secondary N) is 1. The number of aromatic nitrogens is 2. The largest absolute Gasteiger partial charge is 0.494 e. The number of carbonyl (C=O) groups is 1. The summed E-state index contributed by atoms with van der Waals surface area (Å²) in [5, 5.41) is 4.58. The summed E-state index contributed by atoms with van der Waals surface area (Å²) in [6, 6.07) is 13.9. The van der Waals surface area contributed by atoms with Crippen LogP contribution in [0.2, 0.25) is 0 Å². The minimum atomic E-state index is -0.0435. The lowest BCUT2D eigenvalue weighted by Crippen LogP contribution is -2.52. The first-order valence-corrected chi connectivity index (χ1v) is 10.8. The molecule has 8 heteroatoms. The standard InChI is InChI=1S/C20H18N4O2S2/c1-2-26-13-7-8-15-17(9-13)27-19(21-15)23-18(25)12-10-24(11-12)20-22-14-5-3-4-6-16(14)28-20/h3-9,12H,2,10-11H2,1H3,(H,21,23,25). The highest BCUT2D eigenvalue weighted by atomic mass is 32.1. The second-order valence-electron chi connectivity index (χ2n) is 6.64. The molecule has 0 spiro atoms. The summed E-state index contributed by atoms with van der Waals surface area (Å²) >= 11 is 3.14. The van der Waals surface area contributed by atoms with Gasteiger partial charge in [-0.05, 0) is 37.3 Å². The van der Waals surface area contributed by atoms with Gasteiger partial charge in [-0.1, -0.05) is 34.8 Å². The van der Waals surface area contributed by atoms with E-state index in [1.165, 1.54) is 16.0 Å². The van der Waals surface area contributed by atoms with E-state index in [0.29, 0.717) is 24.8 Å². The topological polar surface area (TPSA) is 67.3 Å². The van der Waals surface area contributed by atoms with Gasteiger partial charge >= 0.3 is 0 Å². The van der Waals surface area contributed by atoms with E-state index in [2.05, 4.69) is 26.3 Å². The zero-order chi connectivity index (χ0) is 19.1. The van der Waals surface area contributed by atoms with Crippen LogP contribution in [0, 0.1) is 5.92 Å². The molecule has 1 fully saturated rings. The molecule has 0 saturated carbocycles. The van der Waals surface area contributed by atoms with Crippen molar-refractivity contribution in [3.8, 4) is 5.75 Å². The molecule has 6 nitrogen and oxygen atoms in total. The van der Waals surface area contributed by atoms with Crippen LogP contribution in [0.25, 0.3) is 20.4 Å². The molecule has 28 heavy (non-hydrogen) atoms. The third-order valence-corrected chi connectivity index (χ3v) is 6.74. The first-order chi connectivity index (χ1) is 13.7. The Morgan fingerprint density at radius 3 is 2.79 bits per heavy atom. The number of anilines is 2. The first kappa shape index (κ1) is 17.4. The van der Waals surface area contributed by atoms with Gasteiger partial charge in [-0.25, -0.2) is 9.97 Å². The summed E-state index contributed by atoms with van der Waals surface area (Å²) in [7, 11) is 0. The van der Waals surface area contributed by atoms with Gasteiger partial charge in [0, 0.05) is 13.1 Å². The summed E-state index contributed by atoms with van der Waals surface area (Å²) in [5.41, 5.74) is 1.88. The average Bonchev–Trinajstić information content (AvgIpc) is 3.23. The van der Waals surface area contributed by atoms with Crippen LogP contribution in [0.3, 0.4) is 0 Å². The van der Waals surface area contributed by atoms with Gasteiger partial charge in [0.2, 0.25) is 5.91 Å². The second-order valence-corrected chi connectivity index (χ2v) is 8.68. The van der Waals surface area contributed by atoms with Crippen LogP contribution in [0.5, 0.6) is 5.75 Å². The van der Waals surface area contributed by atoms with E-state index >= 15 is 0 Å². The maximum absolute atomic E-state index is 12.6. The van der Waals surface area contributed by atoms with Gasteiger partial charge in [0.05, 0.1) is 33.0 Å². The van der Waals surface area contributed by atoms with Crippen molar-refractivity contribution in [2.45, 2.75) is 6.92 Å². The van der Waals surface area contributed by atoms with Crippen molar-refractivity contribution in [1.82, 2.24) is 9.97 Å². The van der Waals surface area contributed by atoms with Crippen LogP contribution < -0.4 is 15.0 Å². The third kappa shape index (κ3) is 3.18. The monoisotopic (exact) mass is 410 g/mol. The first-order valence-electron chi connectivity index (χ1n) is 9.14. The fourth-order valence-electron chi connectivity index (χ4n) is 3.22. The lowest BCUT2D eigenvalue weighted by atomic mass is 10.0. The SMILES string of the molecule is CCOc1ccc2nc(NC(=O)C3CN(c4nc5ccccc5s4)C3)sc2c1. The highest BCUT2D eigenvalue weighted by Gasteiger charge is 2.34. The third-order valence-electron chi connectivity index (χ3n) is 4.71. The van der Waals surface area contributed by atoms with E-state index < -0.39 is 0 Å². The Morgan fingerprint density at radius 2 is 1.96 bits per heavy atom. The summed E-state index contributed by atoms with van der Waals surface area (Å²) < 4.78 is 7.70. The molecule has 0 unspecified atom stereocenters. The van der Waals surface area contributed by atoms with Gasteiger partial charge in [0.25, 0.3) is 0 Å². The molecule has 0 aliphatic carbocycles. The van der Waals surface area contributed by atoms with Crippen LogP contribution in [0.4, 0.5) is 10.3 Å². The number of amides is 1. The van der Waals surface area contributed by atoms with Crippen molar-refractivity contribution >= 4 is 59.3 Å². The maximum atomic E-state index is 12.6. The molecule has 5 rings (SSSR count). The highest BCUT2D eigenvalue weighted by molar-refractivity contribution is 7.22. The van der Waals surface area contributed by atoms with Crippen LogP contribution in [-0.4, -0.2) is 35.6 Å². The number of para-hydroxylation sites is 1. The molecule has 0 bridgehead atoms. The number of thiazole rings is 2. The predicted molar refractivity (Wildman–Crippen MR) is 115 cm³/mol. The van der Waals surface area contributed by atoms with Gasteiger partial charge in [-0.15, -0.1) is 0 Å². The predicted octanol–water partition coefficient (Wildman–Crippen LogP) is 4.38.